The summed E-state index contributed by atoms with van der Waals surface area (Å²) >= 11 is 0. The largest absolute Gasteiger partial charge is 0.449 e. The van der Waals surface area contributed by atoms with Gasteiger partial charge in [-0.15, -0.1) is 0 Å². The van der Waals surface area contributed by atoms with E-state index in [0.29, 0.717) is 12.1 Å². The third-order valence-electron chi connectivity index (χ3n) is 4.41. The molecule has 140 valence electrons. The minimum absolute atomic E-state index is 0.291. The van der Waals surface area contributed by atoms with Crippen LogP contribution in [-0.4, -0.2) is 34.6 Å². The molecule has 3 aromatic rings. The van der Waals surface area contributed by atoms with Crippen LogP contribution in [0.3, 0.4) is 0 Å². The highest BCUT2D eigenvalue weighted by molar-refractivity contribution is 5.87. The maximum atomic E-state index is 12.6. The Balaban J connectivity index is 1.74. The molecule has 6 nitrogen and oxygen atoms in total. The molecule has 0 aliphatic carbocycles. The third-order valence-corrected chi connectivity index (χ3v) is 4.41. The van der Waals surface area contributed by atoms with Gasteiger partial charge in [0.05, 0.1) is 11.9 Å². The van der Waals surface area contributed by atoms with Crippen molar-refractivity contribution >= 4 is 11.7 Å². The van der Waals surface area contributed by atoms with E-state index in [1.807, 2.05) is 61.1 Å². The Hall–Kier alpha value is -3.15. The lowest BCUT2D eigenvalue weighted by Gasteiger charge is -2.18. The Bertz CT molecular complexity index is 873. The minimum Gasteiger partial charge on any atom is -0.449 e. The number of nitrogens with zero attached hydrogens (tertiary/aromatic N) is 4. The van der Waals surface area contributed by atoms with Gasteiger partial charge < -0.3 is 14.2 Å². The van der Waals surface area contributed by atoms with Crippen molar-refractivity contribution in [3.8, 4) is 0 Å². The number of pyridine rings is 1. The lowest BCUT2D eigenvalue weighted by molar-refractivity contribution is 0.0243. The molecule has 2 heterocycles. The van der Waals surface area contributed by atoms with Crippen LogP contribution in [-0.2, 0) is 18.2 Å². The number of rotatable bonds is 7. The number of hydrogen-bond donors (Lipinski definition) is 0. The Morgan fingerprint density at radius 2 is 1.93 bits per heavy atom. The van der Waals surface area contributed by atoms with Crippen molar-refractivity contribution in [1.29, 1.82) is 0 Å². The van der Waals surface area contributed by atoms with Crippen LogP contribution in [0.15, 0.2) is 61.1 Å². The zero-order chi connectivity index (χ0) is 19.2. The van der Waals surface area contributed by atoms with E-state index >= 15 is 0 Å². The number of carbonyl (C=O) groups is 1. The monoisotopic (exact) mass is 364 g/mol. The molecule has 0 aliphatic rings. The van der Waals surface area contributed by atoms with E-state index in [0.717, 1.165) is 17.9 Å². The first-order valence-corrected chi connectivity index (χ1v) is 8.90. The van der Waals surface area contributed by atoms with E-state index in [4.69, 9.17) is 4.74 Å². The summed E-state index contributed by atoms with van der Waals surface area (Å²) in [5.74, 6) is 0.283. The highest BCUT2D eigenvalue weighted by Gasteiger charge is 2.22. The molecule has 2 aromatic heterocycles. The number of aromatic nitrogens is 3. The van der Waals surface area contributed by atoms with Crippen LogP contribution in [0.4, 0.5) is 5.69 Å². The van der Waals surface area contributed by atoms with Gasteiger partial charge in [-0.05, 0) is 30.5 Å². The highest BCUT2D eigenvalue weighted by atomic mass is 16.5. The van der Waals surface area contributed by atoms with E-state index in [2.05, 4.69) is 22.1 Å². The average Bonchev–Trinajstić information content (AvgIpc) is 3.11. The van der Waals surface area contributed by atoms with Gasteiger partial charge in [-0.2, -0.15) is 0 Å². The van der Waals surface area contributed by atoms with E-state index in [1.54, 1.807) is 18.5 Å². The van der Waals surface area contributed by atoms with Gasteiger partial charge in [-0.1, -0.05) is 30.3 Å². The molecular weight excluding hydrogens is 340 g/mol. The van der Waals surface area contributed by atoms with Crippen molar-refractivity contribution in [2.45, 2.75) is 18.9 Å². The van der Waals surface area contributed by atoms with Crippen molar-refractivity contribution < 1.29 is 9.53 Å². The molecule has 0 N–H and O–H groups in total. The van der Waals surface area contributed by atoms with Crippen LogP contribution in [0.1, 0.15) is 34.4 Å². The summed E-state index contributed by atoms with van der Waals surface area (Å²) in [4.78, 5) is 23.2. The molecule has 0 saturated carbocycles. The number of carbonyl (C=O) groups excluding carboxylic acids is 1. The molecule has 1 aromatic carbocycles. The fourth-order valence-electron chi connectivity index (χ4n) is 2.83. The van der Waals surface area contributed by atoms with Gasteiger partial charge in [0.1, 0.15) is 11.5 Å². The van der Waals surface area contributed by atoms with Crippen molar-refractivity contribution in [2.75, 3.05) is 19.0 Å². The fraction of sp³-hybridized carbons (Fsp3) is 0.286. The fourth-order valence-corrected chi connectivity index (χ4v) is 2.83. The zero-order valence-electron chi connectivity index (χ0n) is 15.9. The van der Waals surface area contributed by atoms with Gasteiger partial charge in [0.2, 0.25) is 0 Å². The third kappa shape index (κ3) is 4.73. The van der Waals surface area contributed by atoms with Crippen LogP contribution in [0.5, 0.6) is 0 Å². The van der Waals surface area contributed by atoms with Gasteiger partial charge in [0, 0.05) is 33.5 Å². The van der Waals surface area contributed by atoms with Gasteiger partial charge in [-0.25, -0.2) is 14.8 Å². The van der Waals surface area contributed by atoms with Crippen LogP contribution >= 0.6 is 0 Å². The SMILES string of the molecule is CN(C)c1ccc(C(=O)O[C@@H](CCc2ccccc2)c2nccn2C)nc1. The predicted octanol–water partition coefficient (Wildman–Crippen LogP) is 3.41. The van der Waals surface area contributed by atoms with E-state index < -0.39 is 12.1 Å². The number of esters is 1. The highest BCUT2D eigenvalue weighted by Crippen LogP contribution is 2.23. The predicted molar refractivity (Wildman–Crippen MR) is 105 cm³/mol. The van der Waals surface area contributed by atoms with Crippen LogP contribution < -0.4 is 4.90 Å². The Morgan fingerprint density at radius 3 is 2.52 bits per heavy atom. The second kappa shape index (κ2) is 8.49. The molecule has 0 radical (unpaired) electrons. The van der Waals surface area contributed by atoms with Crippen molar-refractivity contribution in [3.63, 3.8) is 0 Å². The summed E-state index contributed by atoms with van der Waals surface area (Å²) in [6, 6.07) is 13.7. The quantitative estimate of drug-likeness (QED) is 0.601. The number of aryl methyl sites for hydroxylation is 2. The van der Waals surface area contributed by atoms with Crippen LogP contribution in [0.2, 0.25) is 0 Å². The van der Waals surface area contributed by atoms with E-state index in [1.165, 1.54) is 5.56 Å². The maximum Gasteiger partial charge on any atom is 0.357 e. The summed E-state index contributed by atoms with van der Waals surface area (Å²) < 4.78 is 7.67. The Kier molecular flexibility index (Phi) is 5.86. The molecule has 0 bridgehead atoms. The molecule has 0 fully saturated rings. The van der Waals surface area contributed by atoms with Crippen molar-refractivity contribution in [2.24, 2.45) is 7.05 Å². The van der Waals surface area contributed by atoms with Gasteiger partial charge in [0.15, 0.2) is 6.10 Å². The summed E-state index contributed by atoms with van der Waals surface area (Å²) in [6.45, 7) is 0. The molecule has 0 amide bonds. The zero-order valence-corrected chi connectivity index (χ0v) is 15.9. The second-order valence-corrected chi connectivity index (χ2v) is 6.61. The Labute approximate surface area is 159 Å². The molecule has 3 rings (SSSR count). The first-order valence-electron chi connectivity index (χ1n) is 8.90. The number of anilines is 1. The normalized spacial score (nSPS) is 11.8. The van der Waals surface area contributed by atoms with Crippen LogP contribution in [0.25, 0.3) is 0 Å². The lowest BCUT2D eigenvalue weighted by Crippen LogP contribution is -2.17. The topological polar surface area (TPSA) is 60.3 Å². The second-order valence-electron chi connectivity index (χ2n) is 6.61. The first-order chi connectivity index (χ1) is 13.0. The molecule has 1 atom stereocenters. The van der Waals surface area contributed by atoms with Gasteiger partial charge >= 0.3 is 5.97 Å². The molecular formula is C21H24N4O2. The summed E-state index contributed by atoms with van der Waals surface area (Å²) in [7, 11) is 5.75. The smallest absolute Gasteiger partial charge is 0.357 e. The molecule has 27 heavy (non-hydrogen) atoms. The average molecular weight is 364 g/mol. The van der Waals surface area contributed by atoms with E-state index in [-0.39, 0.29) is 0 Å². The van der Waals surface area contributed by atoms with Crippen LogP contribution in [0, 0.1) is 0 Å². The van der Waals surface area contributed by atoms with Gasteiger partial charge in [-0.3, -0.25) is 0 Å². The van der Waals surface area contributed by atoms with Crippen molar-refractivity contribution in [1.82, 2.24) is 14.5 Å². The standard InChI is InChI=1S/C21H24N4O2/c1-24(2)17-10-11-18(23-15-17)21(26)27-19(20-22-13-14-25(20)3)12-9-16-7-5-4-6-8-16/h4-8,10-11,13-15,19H,9,12H2,1-3H3/t19-/m0/s1. The molecule has 0 spiro atoms. The Morgan fingerprint density at radius 1 is 1.15 bits per heavy atom. The van der Waals surface area contributed by atoms with Crippen molar-refractivity contribution in [3.05, 3.63) is 78.1 Å². The molecule has 0 aliphatic heterocycles. The number of imidazole rings is 1. The first kappa shape index (κ1) is 18.6. The number of benzene rings is 1. The summed E-state index contributed by atoms with van der Waals surface area (Å²) in [5.41, 5.74) is 2.41. The number of hydrogen-bond acceptors (Lipinski definition) is 5. The lowest BCUT2D eigenvalue weighted by atomic mass is 10.1. The molecule has 6 heteroatoms. The minimum atomic E-state index is -0.443. The summed E-state index contributed by atoms with van der Waals surface area (Å²) in [6.07, 6.45) is 6.23. The number of ether oxygens (including phenoxy) is 1. The van der Waals surface area contributed by atoms with E-state index in [9.17, 15) is 4.79 Å². The summed E-state index contributed by atoms with van der Waals surface area (Å²) in [5, 5.41) is 0. The van der Waals surface area contributed by atoms with Gasteiger partial charge in [0.25, 0.3) is 0 Å². The molecule has 0 unspecified atom stereocenters. The maximum absolute atomic E-state index is 12.6. The molecule has 0 saturated heterocycles.